The number of halogens is 11. The van der Waals surface area contributed by atoms with E-state index in [-0.39, 0.29) is 5.56 Å². The van der Waals surface area contributed by atoms with Crippen LogP contribution < -0.4 is 4.74 Å². The van der Waals surface area contributed by atoms with Crippen molar-refractivity contribution < 1.29 is 62.5 Å². The standard InChI is InChI=1S/C27H29F11O3/c1-2-3-4-5-6-7-16-40-22-14-12-21(13-15-22)20-10-8-19(9-11-20)17-39-18-23(28,25(31,32)33)41-27(37,38)24(29,30)26(34,35)36/h8-15H,2-7,16-18H2,1H3. The Morgan fingerprint density at radius 1 is 0.610 bits per heavy atom. The van der Waals surface area contributed by atoms with Crippen molar-refractivity contribution >= 4 is 0 Å². The first kappa shape index (κ1) is 34.6. The second-order valence-corrected chi connectivity index (χ2v) is 9.25. The van der Waals surface area contributed by atoms with Gasteiger partial charge in [-0.2, -0.15) is 48.3 Å². The molecule has 41 heavy (non-hydrogen) atoms. The Labute approximate surface area is 229 Å². The molecular formula is C27H29F11O3. The molecule has 0 fully saturated rings. The summed E-state index contributed by atoms with van der Waals surface area (Å²) >= 11 is 0. The highest BCUT2D eigenvalue weighted by molar-refractivity contribution is 5.64. The molecule has 0 aliphatic heterocycles. The van der Waals surface area contributed by atoms with E-state index < -0.39 is 43.5 Å². The van der Waals surface area contributed by atoms with Crippen LogP contribution in [0.4, 0.5) is 48.3 Å². The van der Waals surface area contributed by atoms with E-state index in [2.05, 4.69) is 16.4 Å². The molecule has 2 rings (SSSR count). The topological polar surface area (TPSA) is 27.7 Å². The van der Waals surface area contributed by atoms with Gasteiger partial charge in [-0.05, 0) is 35.2 Å². The smallest absolute Gasteiger partial charge is 0.462 e. The summed E-state index contributed by atoms with van der Waals surface area (Å²) in [4.78, 5) is 0. The highest BCUT2D eigenvalue weighted by atomic mass is 19.4. The normalized spacial score (nSPS) is 14.6. The van der Waals surface area contributed by atoms with Crippen LogP contribution in [0.3, 0.4) is 0 Å². The van der Waals surface area contributed by atoms with Crippen molar-refractivity contribution in [3.05, 3.63) is 54.1 Å². The lowest BCUT2D eigenvalue weighted by Gasteiger charge is -2.34. The molecule has 0 spiro atoms. The minimum atomic E-state index is -7.11. The van der Waals surface area contributed by atoms with Crippen molar-refractivity contribution in [3.8, 4) is 16.9 Å². The Balaban J connectivity index is 1.94. The summed E-state index contributed by atoms with van der Waals surface area (Å²) in [5.41, 5.74) is 1.51. The Hall–Kier alpha value is -2.61. The summed E-state index contributed by atoms with van der Waals surface area (Å²) in [6.07, 6.45) is -13.6. The van der Waals surface area contributed by atoms with E-state index in [4.69, 9.17) is 4.74 Å². The average Bonchev–Trinajstić information content (AvgIpc) is 2.87. The van der Waals surface area contributed by atoms with Crippen LogP contribution in [0, 0.1) is 0 Å². The number of unbranched alkanes of at least 4 members (excludes halogenated alkanes) is 5. The minimum Gasteiger partial charge on any atom is -0.494 e. The van der Waals surface area contributed by atoms with Gasteiger partial charge in [0.2, 0.25) is 0 Å². The van der Waals surface area contributed by atoms with Crippen molar-refractivity contribution in [2.24, 2.45) is 0 Å². The fraction of sp³-hybridized carbons (Fsp3) is 0.556. The van der Waals surface area contributed by atoms with Crippen molar-refractivity contribution in [2.75, 3.05) is 13.2 Å². The molecular weight excluding hydrogens is 581 g/mol. The van der Waals surface area contributed by atoms with Crippen LogP contribution in [-0.4, -0.2) is 43.5 Å². The number of hydrogen-bond donors (Lipinski definition) is 0. The van der Waals surface area contributed by atoms with Gasteiger partial charge in [-0.3, -0.25) is 4.74 Å². The lowest BCUT2D eigenvalue weighted by molar-refractivity contribution is -0.486. The van der Waals surface area contributed by atoms with Gasteiger partial charge in [0, 0.05) is 0 Å². The lowest BCUT2D eigenvalue weighted by atomic mass is 10.0. The molecule has 0 saturated carbocycles. The summed E-state index contributed by atoms with van der Waals surface area (Å²) in [6.45, 7) is -0.563. The van der Waals surface area contributed by atoms with Crippen LogP contribution in [0.15, 0.2) is 48.5 Å². The second-order valence-electron chi connectivity index (χ2n) is 9.25. The molecule has 0 radical (unpaired) electrons. The molecule has 0 N–H and O–H groups in total. The molecule has 0 heterocycles. The van der Waals surface area contributed by atoms with Crippen molar-refractivity contribution in [2.45, 2.75) is 82.3 Å². The predicted octanol–water partition coefficient (Wildman–Crippen LogP) is 9.64. The van der Waals surface area contributed by atoms with Gasteiger partial charge in [0.15, 0.2) is 0 Å². The van der Waals surface area contributed by atoms with Crippen LogP contribution in [0.5, 0.6) is 5.75 Å². The third kappa shape index (κ3) is 9.45. The van der Waals surface area contributed by atoms with Crippen LogP contribution in [0.2, 0.25) is 0 Å². The van der Waals surface area contributed by atoms with Gasteiger partial charge in [0.1, 0.15) is 12.4 Å². The maximum atomic E-state index is 14.2. The third-order valence-electron chi connectivity index (χ3n) is 5.90. The first-order valence-corrected chi connectivity index (χ1v) is 12.6. The van der Waals surface area contributed by atoms with Crippen molar-refractivity contribution in [1.29, 1.82) is 0 Å². The van der Waals surface area contributed by atoms with Gasteiger partial charge < -0.3 is 9.47 Å². The van der Waals surface area contributed by atoms with E-state index in [1.807, 2.05) is 0 Å². The maximum Gasteiger partial charge on any atom is 0.462 e. The molecule has 0 aromatic heterocycles. The SMILES string of the molecule is CCCCCCCCOc1ccc(-c2ccc(COCC(F)(OC(F)(F)C(F)(F)C(F)(F)F)C(F)(F)F)cc2)cc1. The summed E-state index contributed by atoms with van der Waals surface area (Å²) in [7, 11) is 0. The number of benzene rings is 2. The highest BCUT2D eigenvalue weighted by Crippen LogP contribution is 2.51. The molecule has 2 aromatic rings. The van der Waals surface area contributed by atoms with Gasteiger partial charge in [-0.1, -0.05) is 75.4 Å². The molecule has 14 heteroatoms. The third-order valence-corrected chi connectivity index (χ3v) is 5.90. The molecule has 2 aromatic carbocycles. The molecule has 1 unspecified atom stereocenters. The van der Waals surface area contributed by atoms with Gasteiger partial charge in [0.25, 0.3) is 0 Å². The van der Waals surface area contributed by atoms with Crippen molar-refractivity contribution in [1.82, 2.24) is 0 Å². The Morgan fingerprint density at radius 3 is 1.63 bits per heavy atom. The van der Waals surface area contributed by atoms with Gasteiger partial charge in [-0.25, -0.2) is 0 Å². The fourth-order valence-electron chi connectivity index (χ4n) is 3.51. The number of rotatable bonds is 16. The monoisotopic (exact) mass is 610 g/mol. The van der Waals surface area contributed by atoms with Gasteiger partial charge >= 0.3 is 30.2 Å². The molecule has 1 atom stereocenters. The van der Waals surface area contributed by atoms with Crippen LogP contribution in [0.1, 0.15) is 51.0 Å². The molecule has 0 saturated heterocycles. The summed E-state index contributed by atoms with van der Waals surface area (Å²) in [6, 6.07) is 12.8. The summed E-state index contributed by atoms with van der Waals surface area (Å²) in [5.74, 6) is -12.1. The lowest BCUT2D eigenvalue weighted by Crippen LogP contribution is -2.60. The van der Waals surface area contributed by atoms with Gasteiger partial charge in [0.05, 0.1) is 13.2 Å². The average molecular weight is 611 g/mol. The minimum absolute atomic E-state index is 0.115. The molecule has 0 amide bonds. The predicted molar refractivity (Wildman–Crippen MR) is 127 cm³/mol. The quantitative estimate of drug-likeness (QED) is 0.140. The Kier molecular flexibility index (Phi) is 11.8. The Bertz CT molecular complexity index is 1050. The van der Waals surface area contributed by atoms with E-state index in [0.717, 1.165) is 24.8 Å². The fourth-order valence-corrected chi connectivity index (χ4v) is 3.51. The molecule has 0 bridgehead atoms. The highest BCUT2D eigenvalue weighted by Gasteiger charge is 2.78. The number of hydrogen-bond acceptors (Lipinski definition) is 3. The molecule has 3 nitrogen and oxygen atoms in total. The molecule has 232 valence electrons. The summed E-state index contributed by atoms with van der Waals surface area (Å²) in [5, 5.41) is 0. The number of alkyl halides is 11. The second kappa shape index (κ2) is 14.0. The largest absolute Gasteiger partial charge is 0.494 e. The maximum absolute atomic E-state index is 14.2. The van der Waals surface area contributed by atoms with Gasteiger partial charge in [-0.15, -0.1) is 0 Å². The van der Waals surface area contributed by atoms with Crippen LogP contribution >= 0.6 is 0 Å². The van der Waals surface area contributed by atoms with Crippen LogP contribution in [0.25, 0.3) is 11.1 Å². The molecule has 0 aliphatic rings. The molecule has 0 aliphatic carbocycles. The van der Waals surface area contributed by atoms with Crippen LogP contribution in [-0.2, 0) is 16.1 Å². The number of ether oxygens (including phenoxy) is 3. The zero-order chi connectivity index (χ0) is 31.0. The van der Waals surface area contributed by atoms with E-state index in [1.165, 1.54) is 43.5 Å². The van der Waals surface area contributed by atoms with Crippen molar-refractivity contribution in [3.63, 3.8) is 0 Å². The van der Waals surface area contributed by atoms with E-state index in [0.29, 0.717) is 17.9 Å². The summed E-state index contributed by atoms with van der Waals surface area (Å²) < 4.78 is 155. The van der Waals surface area contributed by atoms with E-state index >= 15 is 0 Å². The van der Waals surface area contributed by atoms with E-state index in [1.54, 1.807) is 24.3 Å². The first-order valence-electron chi connectivity index (χ1n) is 12.6. The Morgan fingerprint density at radius 2 is 1.12 bits per heavy atom. The zero-order valence-corrected chi connectivity index (χ0v) is 21.9. The first-order chi connectivity index (χ1) is 18.9. The zero-order valence-electron chi connectivity index (χ0n) is 21.9. The van der Waals surface area contributed by atoms with E-state index in [9.17, 15) is 48.3 Å².